The normalized spacial score (nSPS) is 13.9. The molecule has 0 bridgehead atoms. The SMILES string of the molecule is CC(C)C(CC(=O)O)NC(=O)Nc1ccc2c(c1)OCO2. The number of carbonyl (C=O) groups excluding carboxylic acids is 1. The zero-order valence-electron chi connectivity index (χ0n) is 11.9. The Kier molecular flexibility index (Phi) is 4.52. The molecule has 0 aromatic heterocycles. The summed E-state index contributed by atoms with van der Waals surface area (Å²) in [5.41, 5.74) is 0.551. The third-order valence-corrected chi connectivity index (χ3v) is 3.15. The van der Waals surface area contributed by atoms with Crippen molar-refractivity contribution in [2.75, 3.05) is 12.1 Å². The molecule has 1 atom stereocenters. The number of urea groups is 1. The van der Waals surface area contributed by atoms with Gasteiger partial charge in [0.05, 0.1) is 6.42 Å². The van der Waals surface area contributed by atoms with Crippen LogP contribution in [0.5, 0.6) is 11.5 Å². The first-order valence-electron chi connectivity index (χ1n) is 6.64. The number of ether oxygens (including phenoxy) is 2. The fourth-order valence-corrected chi connectivity index (χ4v) is 1.95. The summed E-state index contributed by atoms with van der Waals surface area (Å²) in [6.45, 7) is 3.88. The summed E-state index contributed by atoms with van der Waals surface area (Å²) < 4.78 is 10.4. The van der Waals surface area contributed by atoms with Gasteiger partial charge in [0, 0.05) is 17.8 Å². The summed E-state index contributed by atoms with van der Waals surface area (Å²) in [7, 11) is 0. The average Bonchev–Trinajstić information content (AvgIpc) is 2.84. The second-order valence-corrected chi connectivity index (χ2v) is 5.11. The van der Waals surface area contributed by atoms with Crippen molar-refractivity contribution in [1.29, 1.82) is 0 Å². The molecule has 1 heterocycles. The van der Waals surface area contributed by atoms with E-state index < -0.39 is 18.0 Å². The van der Waals surface area contributed by atoms with E-state index in [0.29, 0.717) is 17.2 Å². The smallest absolute Gasteiger partial charge is 0.319 e. The van der Waals surface area contributed by atoms with Gasteiger partial charge in [0.15, 0.2) is 11.5 Å². The summed E-state index contributed by atoms with van der Waals surface area (Å²) in [4.78, 5) is 22.7. The van der Waals surface area contributed by atoms with Gasteiger partial charge in [0.25, 0.3) is 0 Å². The Bertz CT molecular complexity index is 544. The number of hydrogen-bond donors (Lipinski definition) is 3. The molecule has 0 spiro atoms. The predicted molar refractivity (Wildman–Crippen MR) is 75.6 cm³/mol. The Morgan fingerprint density at radius 1 is 1.29 bits per heavy atom. The average molecular weight is 294 g/mol. The van der Waals surface area contributed by atoms with Crippen LogP contribution in [0.4, 0.5) is 10.5 Å². The number of carboxylic acid groups (broad SMARTS) is 1. The van der Waals surface area contributed by atoms with Crippen LogP contribution >= 0.6 is 0 Å². The van der Waals surface area contributed by atoms with Gasteiger partial charge in [0.2, 0.25) is 6.79 Å². The van der Waals surface area contributed by atoms with E-state index in [9.17, 15) is 9.59 Å². The summed E-state index contributed by atoms with van der Waals surface area (Å²) in [5, 5.41) is 14.2. The highest BCUT2D eigenvalue weighted by atomic mass is 16.7. The molecule has 7 heteroatoms. The van der Waals surface area contributed by atoms with Crippen molar-refractivity contribution in [3.8, 4) is 11.5 Å². The Balaban J connectivity index is 1.95. The number of carbonyl (C=O) groups is 2. The van der Waals surface area contributed by atoms with Crippen molar-refractivity contribution in [1.82, 2.24) is 5.32 Å². The van der Waals surface area contributed by atoms with Crippen LogP contribution < -0.4 is 20.1 Å². The van der Waals surface area contributed by atoms with E-state index in [-0.39, 0.29) is 19.1 Å². The van der Waals surface area contributed by atoms with Crippen LogP contribution in [0, 0.1) is 5.92 Å². The lowest BCUT2D eigenvalue weighted by molar-refractivity contribution is -0.137. The van der Waals surface area contributed by atoms with Gasteiger partial charge in [-0.3, -0.25) is 4.79 Å². The number of aliphatic carboxylic acids is 1. The highest BCUT2D eigenvalue weighted by Crippen LogP contribution is 2.34. The minimum absolute atomic E-state index is 0.0172. The standard InChI is InChI=1S/C14H18N2O5/c1-8(2)10(6-13(17)18)16-14(19)15-9-3-4-11-12(5-9)21-7-20-11/h3-5,8,10H,6-7H2,1-2H3,(H,17,18)(H2,15,16,19). The molecule has 0 aliphatic carbocycles. The van der Waals surface area contributed by atoms with Crippen molar-refractivity contribution >= 4 is 17.7 Å². The first-order chi connectivity index (χ1) is 9.95. The van der Waals surface area contributed by atoms with Gasteiger partial charge in [0.1, 0.15) is 0 Å². The van der Waals surface area contributed by atoms with E-state index in [2.05, 4.69) is 10.6 Å². The van der Waals surface area contributed by atoms with Gasteiger partial charge < -0.3 is 25.2 Å². The van der Waals surface area contributed by atoms with Crippen LogP contribution in [0.2, 0.25) is 0 Å². The number of rotatable bonds is 5. The molecule has 21 heavy (non-hydrogen) atoms. The molecule has 2 amide bonds. The van der Waals surface area contributed by atoms with E-state index in [0.717, 1.165) is 0 Å². The van der Waals surface area contributed by atoms with Crippen molar-refractivity contribution in [3.63, 3.8) is 0 Å². The molecule has 0 saturated heterocycles. The topological polar surface area (TPSA) is 96.9 Å². The maximum atomic E-state index is 11.9. The monoisotopic (exact) mass is 294 g/mol. The molecule has 1 aromatic carbocycles. The fourth-order valence-electron chi connectivity index (χ4n) is 1.95. The molecule has 0 saturated carbocycles. The van der Waals surface area contributed by atoms with E-state index in [1.165, 1.54) is 0 Å². The molecular weight excluding hydrogens is 276 g/mol. The Morgan fingerprint density at radius 3 is 2.67 bits per heavy atom. The van der Waals surface area contributed by atoms with Crippen LogP contribution in [0.25, 0.3) is 0 Å². The quantitative estimate of drug-likeness (QED) is 0.772. The highest BCUT2D eigenvalue weighted by Gasteiger charge is 2.20. The number of carboxylic acids is 1. The fraction of sp³-hybridized carbons (Fsp3) is 0.429. The van der Waals surface area contributed by atoms with E-state index in [4.69, 9.17) is 14.6 Å². The van der Waals surface area contributed by atoms with E-state index in [1.807, 2.05) is 13.8 Å². The van der Waals surface area contributed by atoms with Crippen molar-refractivity contribution in [2.45, 2.75) is 26.3 Å². The zero-order chi connectivity index (χ0) is 15.4. The highest BCUT2D eigenvalue weighted by molar-refractivity contribution is 5.90. The Hall–Kier alpha value is -2.44. The molecule has 3 N–H and O–H groups in total. The van der Waals surface area contributed by atoms with Crippen LogP contribution in [0.3, 0.4) is 0 Å². The first kappa shape index (κ1) is 15.0. The van der Waals surface area contributed by atoms with E-state index in [1.54, 1.807) is 18.2 Å². The van der Waals surface area contributed by atoms with Gasteiger partial charge in [-0.2, -0.15) is 0 Å². The van der Waals surface area contributed by atoms with Gasteiger partial charge in [-0.1, -0.05) is 13.8 Å². The summed E-state index contributed by atoms with van der Waals surface area (Å²) in [6, 6.07) is 4.16. The minimum atomic E-state index is -0.947. The molecule has 0 fully saturated rings. The van der Waals surface area contributed by atoms with E-state index >= 15 is 0 Å². The Morgan fingerprint density at radius 2 is 2.00 bits per heavy atom. The van der Waals surface area contributed by atoms with Gasteiger partial charge in [-0.05, 0) is 18.1 Å². The zero-order valence-corrected chi connectivity index (χ0v) is 11.9. The molecule has 1 aliphatic rings. The van der Waals surface area contributed by atoms with Gasteiger partial charge in [-0.15, -0.1) is 0 Å². The van der Waals surface area contributed by atoms with Gasteiger partial charge >= 0.3 is 12.0 Å². The molecule has 0 radical (unpaired) electrons. The number of fused-ring (bicyclic) bond motifs is 1. The molecule has 7 nitrogen and oxygen atoms in total. The molecule has 114 valence electrons. The number of hydrogen-bond acceptors (Lipinski definition) is 4. The minimum Gasteiger partial charge on any atom is -0.481 e. The first-order valence-corrected chi connectivity index (χ1v) is 6.64. The number of benzene rings is 1. The van der Waals surface area contributed by atoms with Crippen LogP contribution in [0.1, 0.15) is 20.3 Å². The second kappa shape index (κ2) is 6.34. The Labute approximate surface area is 122 Å². The van der Waals surface area contributed by atoms with Crippen LogP contribution in [-0.4, -0.2) is 29.9 Å². The number of anilines is 1. The van der Waals surface area contributed by atoms with Crippen molar-refractivity contribution in [3.05, 3.63) is 18.2 Å². The number of amides is 2. The third kappa shape index (κ3) is 4.01. The lowest BCUT2D eigenvalue weighted by atomic mass is 10.0. The maximum absolute atomic E-state index is 11.9. The van der Waals surface area contributed by atoms with Crippen molar-refractivity contribution < 1.29 is 24.2 Å². The third-order valence-electron chi connectivity index (χ3n) is 3.15. The lowest BCUT2D eigenvalue weighted by Gasteiger charge is -2.20. The number of nitrogens with one attached hydrogen (secondary N) is 2. The summed E-state index contributed by atoms with van der Waals surface area (Å²) in [6.07, 6.45) is -0.119. The van der Waals surface area contributed by atoms with Crippen LogP contribution in [-0.2, 0) is 4.79 Å². The maximum Gasteiger partial charge on any atom is 0.319 e. The van der Waals surface area contributed by atoms with Crippen molar-refractivity contribution in [2.24, 2.45) is 5.92 Å². The second-order valence-electron chi connectivity index (χ2n) is 5.11. The van der Waals surface area contributed by atoms with Crippen LogP contribution in [0.15, 0.2) is 18.2 Å². The largest absolute Gasteiger partial charge is 0.481 e. The van der Waals surface area contributed by atoms with Gasteiger partial charge in [-0.25, -0.2) is 4.79 Å². The molecule has 1 unspecified atom stereocenters. The molecule has 2 rings (SSSR count). The lowest BCUT2D eigenvalue weighted by Crippen LogP contribution is -2.42. The predicted octanol–water partition coefficient (Wildman–Crippen LogP) is 2.04. The summed E-state index contributed by atoms with van der Waals surface area (Å²) >= 11 is 0. The molecule has 1 aliphatic heterocycles. The molecular formula is C14H18N2O5. The molecule has 1 aromatic rings. The summed E-state index contributed by atoms with van der Waals surface area (Å²) in [5.74, 6) is 0.270.